The van der Waals surface area contributed by atoms with Gasteiger partial charge in [0.15, 0.2) is 0 Å². The highest BCUT2D eigenvalue weighted by molar-refractivity contribution is 7.85. The number of halogens is 1. The van der Waals surface area contributed by atoms with E-state index >= 15 is 0 Å². The minimum absolute atomic E-state index is 0.0797. The van der Waals surface area contributed by atoms with E-state index in [1.54, 1.807) is 0 Å². The van der Waals surface area contributed by atoms with E-state index < -0.39 is 21.4 Å². The first-order valence-electron chi connectivity index (χ1n) is 3.31. The molecule has 0 aliphatic rings. The lowest BCUT2D eigenvalue weighted by molar-refractivity contribution is 0.238. The van der Waals surface area contributed by atoms with Crippen LogP contribution in [-0.4, -0.2) is 18.1 Å². The second-order valence-corrected chi connectivity index (χ2v) is 3.90. The summed E-state index contributed by atoms with van der Waals surface area (Å²) in [7, 11) is -4.54. The van der Waals surface area contributed by atoms with E-state index in [2.05, 4.69) is 0 Å². The third kappa shape index (κ3) is 2.48. The van der Waals surface area contributed by atoms with Crippen molar-refractivity contribution in [2.45, 2.75) is 5.44 Å². The van der Waals surface area contributed by atoms with Gasteiger partial charge in [0.2, 0.25) is 5.44 Å². The zero-order chi connectivity index (χ0) is 10.1. The van der Waals surface area contributed by atoms with Crippen molar-refractivity contribution >= 4 is 10.1 Å². The van der Waals surface area contributed by atoms with Crippen LogP contribution in [0.1, 0.15) is 11.0 Å². The molecule has 0 spiro atoms. The molecule has 0 radical (unpaired) electrons. The van der Waals surface area contributed by atoms with Gasteiger partial charge in [-0.3, -0.25) is 4.55 Å². The summed E-state index contributed by atoms with van der Waals surface area (Å²) in [6.07, 6.45) is 0. The summed E-state index contributed by atoms with van der Waals surface area (Å²) in [4.78, 5) is 0. The predicted octanol–water partition coefficient (Wildman–Crippen LogP) is 0.704. The van der Waals surface area contributed by atoms with Crippen LogP contribution in [0.5, 0.6) is 0 Å². The number of rotatable bonds is 2. The summed E-state index contributed by atoms with van der Waals surface area (Å²) in [5.74, 6) is -0.550. The Morgan fingerprint density at radius 3 is 2.08 bits per heavy atom. The highest BCUT2D eigenvalue weighted by atomic mass is 32.2. The minimum atomic E-state index is -4.54. The molecule has 13 heavy (non-hydrogen) atoms. The summed E-state index contributed by atoms with van der Waals surface area (Å²) in [6.45, 7) is 0. The molecule has 1 rings (SSSR count). The van der Waals surface area contributed by atoms with Crippen LogP contribution >= 0.6 is 0 Å². The molecule has 0 saturated heterocycles. The Hall–Kier alpha value is -0.980. The minimum Gasteiger partial charge on any atom is -0.371 e. The van der Waals surface area contributed by atoms with Crippen molar-refractivity contribution in [2.24, 2.45) is 0 Å². The van der Waals surface area contributed by atoms with Crippen LogP contribution in [-0.2, 0) is 10.1 Å². The van der Waals surface area contributed by atoms with Crippen LogP contribution in [0.3, 0.4) is 0 Å². The zero-order valence-corrected chi connectivity index (χ0v) is 7.20. The van der Waals surface area contributed by atoms with Gasteiger partial charge in [0.05, 0.1) is 0 Å². The van der Waals surface area contributed by atoms with Crippen molar-refractivity contribution in [1.29, 1.82) is 0 Å². The van der Waals surface area contributed by atoms with E-state index in [0.29, 0.717) is 0 Å². The highest BCUT2D eigenvalue weighted by Gasteiger charge is 2.21. The highest BCUT2D eigenvalue weighted by Crippen LogP contribution is 2.17. The molecule has 0 amide bonds. The van der Waals surface area contributed by atoms with Crippen LogP contribution < -0.4 is 0 Å². The molecule has 1 aromatic rings. The molecule has 1 atom stereocenters. The van der Waals surface area contributed by atoms with Gasteiger partial charge in [-0.15, -0.1) is 0 Å². The summed E-state index contributed by atoms with van der Waals surface area (Å²) < 4.78 is 41.6. The van der Waals surface area contributed by atoms with E-state index in [1.165, 1.54) is 0 Å². The molecular weight excluding hydrogens is 199 g/mol. The van der Waals surface area contributed by atoms with Crippen molar-refractivity contribution < 1.29 is 22.5 Å². The van der Waals surface area contributed by atoms with Crippen LogP contribution in [0.15, 0.2) is 24.3 Å². The second kappa shape index (κ2) is 3.41. The van der Waals surface area contributed by atoms with E-state index in [1.807, 2.05) is 0 Å². The molecule has 1 aromatic carbocycles. The number of benzene rings is 1. The van der Waals surface area contributed by atoms with Crippen LogP contribution in [0.25, 0.3) is 0 Å². The van der Waals surface area contributed by atoms with Crippen molar-refractivity contribution in [3.05, 3.63) is 35.6 Å². The fourth-order valence-corrected chi connectivity index (χ4v) is 1.30. The third-order valence-electron chi connectivity index (χ3n) is 1.44. The quantitative estimate of drug-likeness (QED) is 0.698. The molecule has 0 heterocycles. The summed E-state index contributed by atoms with van der Waals surface area (Å²) in [5, 5.41) is 8.99. The van der Waals surface area contributed by atoms with Crippen LogP contribution in [0.2, 0.25) is 0 Å². The molecule has 1 unspecified atom stereocenters. The molecular formula is C7H7FO4S. The summed E-state index contributed by atoms with van der Waals surface area (Å²) >= 11 is 0. The fraction of sp³-hybridized carbons (Fsp3) is 0.143. The van der Waals surface area contributed by atoms with Gasteiger partial charge in [0.1, 0.15) is 5.82 Å². The van der Waals surface area contributed by atoms with Gasteiger partial charge < -0.3 is 5.11 Å². The number of aliphatic hydroxyl groups excluding tert-OH is 1. The Morgan fingerprint density at radius 1 is 1.23 bits per heavy atom. The molecule has 0 aliphatic carbocycles. The molecule has 0 bridgehead atoms. The van der Waals surface area contributed by atoms with E-state index in [-0.39, 0.29) is 5.56 Å². The maximum atomic E-state index is 12.4. The van der Waals surface area contributed by atoms with Gasteiger partial charge in [-0.2, -0.15) is 8.42 Å². The molecule has 0 fully saturated rings. The zero-order valence-electron chi connectivity index (χ0n) is 6.38. The Labute approximate surface area is 74.4 Å². The number of hydrogen-bond donors (Lipinski definition) is 2. The molecule has 4 nitrogen and oxygen atoms in total. The lowest BCUT2D eigenvalue weighted by Crippen LogP contribution is -2.10. The largest absolute Gasteiger partial charge is 0.371 e. The van der Waals surface area contributed by atoms with E-state index in [0.717, 1.165) is 24.3 Å². The first kappa shape index (κ1) is 10.1. The Morgan fingerprint density at radius 2 is 1.69 bits per heavy atom. The van der Waals surface area contributed by atoms with E-state index in [4.69, 9.17) is 9.66 Å². The van der Waals surface area contributed by atoms with Gasteiger partial charge in [0.25, 0.3) is 10.1 Å². The molecule has 72 valence electrons. The summed E-state index contributed by atoms with van der Waals surface area (Å²) in [6, 6.07) is 4.13. The molecule has 2 N–H and O–H groups in total. The topological polar surface area (TPSA) is 74.6 Å². The maximum Gasteiger partial charge on any atom is 0.296 e. The maximum absolute atomic E-state index is 12.4. The normalized spacial score (nSPS) is 14.1. The van der Waals surface area contributed by atoms with Crippen molar-refractivity contribution in [3.8, 4) is 0 Å². The van der Waals surface area contributed by atoms with E-state index in [9.17, 15) is 12.8 Å². The van der Waals surface area contributed by atoms with Crippen LogP contribution in [0, 0.1) is 5.82 Å². The molecule has 6 heteroatoms. The lowest BCUT2D eigenvalue weighted by atomic mass is 10.2. The van der Waals surface area contributed by atoms with Gasteiger partial charge in [-0.1, -0.05) is 12.1 Å². The first-order chi connectivity index (χ1) is 5.91. The Kier molecular flexibility index (Phi) is 2.65. The van der Waals surface area contributed by atoms with Gasteiger partial charge in [-0.25, -0.2) is 4.39 Å². The SMILES string of the molecule is O=S(=O)(O)C(O)c1ccc(F)cc1. The van der Waals surface area contributed by atoms with Crippen molar-refractivity contribution in [3.63, 3.8) is 0 Å². The Bertz CT molecular complexity index is 383. The number of aliphatic hydroxyl groups is 1. The first-order valence-corrected chi connectivity index (χ1v) is 4.81. The molecule has 0 saturated carbocycles. The van der Waals surface area contributed by atoms with Crippen molar-refractivity contribution in [2.75, 3.05) is 0 Å². The molecule has 0 aromatic heterocycles. The predicted molar refractivity (Wildman–Crippen MR) is 42.9 cm³/mol. The molecule has 0 aliphatic heterocycles. The van der Waals surface area contributed by atoms with Crippen LogP contribution in [0.4, 0.5) is 4.39 Å². The van der Waals surface area contributed by atoms with Gasteiger partial charge >= 0.3 is 0 Å². The van der Waals surface area contributed by atoms with Gasteiger partial charge in [-0.05, 0) is 17.7 Å². The smallest absolute Gasteiger partial charge is 0.296 e. The standard InChI is InChI=1S/C7H7FO4S/c8-6-3-1-5(2-4-6)7(9)13(10,11)12/h1-4,7,9H,(H,10,11,12). The third-order valence-corrected chi connectivity index (χ3v) is 2.27. The fourth-order valence-electron chi connectivity index (χ4n) is 0.799. The average Bonchev–Trinajstić information content (AvgIpc) is 2.03. The summed E-state index contributed by atoms with van der Waals surface area (Å²) in [5.41, 5.74) is -2.10. The Balaban J connectivity index is 3.04. The lowest BCUT2D eigenvalue weighted by Gasteiger charge is -2.06. The average molecular weight is 206 g/mol. The number of hydrogen-bond acceptors (Lipinski definition) is 3. The second-order valence-electron chi connectivity index (χ2n) is 2.42. The monoisotopic (exact) mass is 206 g/mol. The van der Waals surface area contributed by atoms with Crippen molar-refractivity contribution in [1.82, 2.24) is 0 Å². The van der Waals surface area contributed by atoms with Gasteiger partial charge in [0, 0.05) is 0 Å².